The maximum atomic E-state index is 6.82. The Labute approximate surface area is 310 Å². The normalized spacial score (nSPS) is 12.9. The van der Waals surface area contributed by atoms with Gasteiger partial charge in [0.05, 0.1) is 22.2 Å². The number of hydrogen-bond acceptors (Lipinski definition) is 5. The molecule has 0 aliphatic carbocycles. The van der Waals surface area contributed by atoms with Crippen molar-refractivity contribution < 1.29 is 4.74 Å². The van der Waals surface area contributed by atoms with Gasteiger partial charge in [-0.3, -0.25) is 9.55 Å². The molecule has 0 radical (unpaired) electrons. The van der Waals surface area contributed by atoms with Crippen molar-refractivity contribution in [2.75, 3.05) is 0 Å². The van der Waals surface area contributed by atoms with Gasteiger partial charge in [-0.05, 0) is 101 Å². The minimum Gasteiger partial charge on any atom is -0.457 e. The Kier molecular flexibility index (Phi) is 7.71. The molecule has 7 heteroatoms. The topological polar surface area (TPSA) is 57.2 Å². The average Bonchev–Trinajstić information content (AvgIpc) is 3.70. The van der Waals surface area contributed by atoms with Gasteiger partial charge in [0.1, 0.15) is 22.8 Å². The molecule has 0 unspecified atom stereocenters. The SMILES string of the molecule is Cc1sn2c(nc3c(-c4cc(Oc5ccc6c7cc(C(C)(C)C)ccc7n(-c7ccccn7)c6c5)cc(C(C)(C)C)c4)ncc(C)c32)c1C(C)(C)C. The fraction of sp³-hybridized carbons (Fsp3) is 0.311. The number of aryl methyl sites for hydroxylation is 2. The zero-order valence-electron chi connectivity index (χ0n) is 32.1. The monoisotopic (exact) mass is 705 g/mol. The molecule has 0 atom stereocenters. The van der Waals surface area contributed by atoms with Crippen molar-refractivity contribution in [2.45, 2.75) is 92.4 Å². The van der Waals surface area contributed by atoms with Crippen LogP contribution in [0.15, 0.2) is 85.2 Å². The Morgan fingerprint density at radius 1 is 0.673 bits per heavy atom. The highest BCUT2D eigenvalue weighted by Crippen LogP contribution is 2.42. The van der Waals surface area contributed by atoms with Crippen molar-refractivity contribution in [1.29, 1.82) is 0 Å². The predicted molar refractivity (Wildman–Crippen MR) is 218 cm³/mol. The maximum Gasteiger partial charge on any atom is 0.152 e. The molecule has 0 bridgehead atoms. The lowest BCUT2D eigenvalue weighted by Crippen LogP contribution is -2.12. The first-order chi connectivity index (χ1) is 24.5. The molecule has 264 valence electrons. The van der Waals surface area contributed by atoms with Crippen LogP contribution in [0.4, 0.5) is 0 Å². The summed E-state index contributed by atoms with van der Waals surface area (Å²) in [6.45, 7) is 24.6. The van der Waals surface area contributed by atoms with Gasteiger partial charge in [0, 0.05) is 45.2 Å². The van der Waals surface area contributed by atoms with Crippen LogP contribution in [-0.4, -0.2) is 23.3 Å². The molecule has 0 aliphatic heterocycles. The lowest BCUT2D eigenvalue weighted by atomic mass is 9.85. The molecule has 52 heavy (non-hydrogen) atoms. The van der Waals surface area contributed by atoms with Crippen LogP contribution in [0, 0.1) is 13.8 Å². The molecule has 8 aromatic rings. The second-order valence-electron chi connectivity index (χ2n) is 17.3. The van der Waals surface area contributed by atoms with E-state index in [1.54, 1.807) is 11.5 Å². The van der Waals surface area contributed by atoms with Crippen LogP contribution in [0.25, 0.3) is 55.6 Å². The van der Waals surface area contributed by atoms with Gasteiger partial charge in [0.15, 0.2) is 5.65 Å². The number of ether oxygens (including phenoxy) is 1. The lowest BCUT2D eigenvalue weighted by molar-refractivity contribution is 0.479. The third-order valence-electron chi connectivity index (χ3n) is 10.1. The molecule has 0 spiro atoms. The summed E-state index contributed by atoms with van der Waals surface area (Å²) in [4.78, 5) is 16.4. The van der Waals surface area contributed by atoms with E-state index in [2.05, 4.69) is 145 Å². The summed E-state index contributed by atoms with van der Waals surface area (Å²) in [5.74, 6) is 2.40. The third kappa shape index (κ3) is 5.66. The average molecular weight is 706 g/mol. The fourth-order valence-corrected chi connectivity index (χ4v) is 8.79. The van der Waals surface area contributed by atoms with Crippen LogP contribution in [0.2, 0.25) is 0 Å². The summed E-state index contributed by atoms with van der Waals surface area (Å²) in [5.41, 5.74) is 11.8. The summed E-state index contributed by atoms with van der Waals surface area (Å²) in [6.07, 6.45) is 3.83. The number of imidazole rings is 1. The minimum absolute atomic E-state index is 0.0281. The van der Waals surface area contributed by atoms with E-state index in [4.69, 9.17) is 19.7 Å². The highest BCUT2D eigenvalue weighted by molar-refractivity contribution is 7.07. The van der Waals surface area contributed by atoms with Crippen LogP contribution in [0.3, 0.4) is 0 Å². The standard InChI is InChI=1S/C45H47N5OS/c1-26-25-47-39(40-41(26)50-42(48-40)38(27(2)52-50)45(9,10)11)28-20-30(44(6,7)8)22-32(21-28)51-31-16-17-33-34-23-29(43(3,4)5)15-18-35(34)49(36(33)24-31)37-14-12-13-19-46-37/h12-25H,1-11H3. The second kappa shape index (κ2) is 11.8. The Hall–Kier alpha value is -5.01. The van der Waals surface area contributed by atoms with E-state index in [-0.39, 0.29) is 16.2 Å². The smallest absolute Gasteiger partial charge is 0.152 e. The molecular formula is C45H47N5OS. The van der Waals surface area contributed by atoms with Crippen molar-refractivity contribution in [3.05, 3.63) is 112 Å². The Morgan fingerprint density at radius 2 is 1.44 bits per heavy atom. The second-order valence-corrected chi connectivity index (χ2v) is 18.4. The first kappa shape index (κ1) is 34.1. The number of hydrogen-bond donors (Lipinski definition) is 0. The van der Waals surface area contributed by atoms with Gasteiger partial charge in [-0.15, -0.1) is 0 Å². The molecule has 0 saturated carbocycles. The Morgan fingerprint density at radius 3 is 2.13 bits per heavy atom. The Balaban J connectivity index is 1.29. The minimum atomic E-state index is -0.122. The van der Waals surface area contributed by atoms with E-state index in [9.17, 15) is 0 Å². The van der Waals surface area contributed by atoms with Crippen molar-refractivity contribution in [2.24, 2.45) is 0 Å². The summed E-state index contributed by atoms with van der Waals surface area (Å²) in [7, 11) is 0. The molecule has 0 aliphatic rings. The quantitative estimate of drug-likeness (QED) is 0.183. The molecule has 8 rings (SSSR count). The third-order valence-corrected chi connectivity index (χ3v) is 11.2. The van der Waals surface area contributed by atoms with Crippen molar-refractivity contribution in [3.8, 4) is 28.6 Å². The van der Waals surface area contributed by atoms with Gasteiger partial charge in [-0.25, -0.2) is 13.8 Å². The van der Waals surface area contributed by atoms with E-state index in [0.29, 0.717) is 0 Å². The maximum absolute atomic E-state index is 6.82. The molecule has 0 saturated heterocycles. The van der Waals surface area contributed by atoms with E-state index >= 15 is 0 Å². The molecule has 6 nitrogen and oxygen atoms in total. The number of nitrogens with zero attached hydrogens (tertiary/aromatic N) is 5. The van der Waals surface area contributed by atoms with Crippen LogP contribution in [-0.2, 0) is 16.2 Å². The molecular weight excluding hydrogens is 659 g/mol. The molecule has 0 fully saturated rings. The number of rotatable bonds is 4. The summed E-state index contributed by atoms with van der Waals surface area (Å²) in [6, 6.07) is 25.8. The summed E-state index contributed by atoms with van der Waals surface area (Å²) >= 11 is 1.77. The van der Waals surface area contributed by atoms with Gasteiger partial charge in [-0.1, -0.05) is 86.0 Å². The predicted octanol–water partition coefficient (Wildman–Crippen LogP) is 12.4. The van der Waals surface area contributed by atoms with Gasteiger partial charge >= 0.3 is 0 Å². The molecule has 0 N–H and O–H groups in total. The first-order valence-electron chi connectivity index (χ1n) is 18.1. The number of fused-ring (bicyclic) bond motifs is 6. The highest BCUT2D eigenvalue weighted by Gasteiger charge is 2.27. The van der Waals surface area contributed by atoms with Gasteiger partial charge in [0.2, 0.25) is 0 Å². The molecule has 0 amide bonds. The molecule has 5 aromatic heterocycles. The number of pyridine rings is 2. The first-order valence-corrected chi connectivity index (χ1v) is 18.9. The zero-order chi connectivity index (χ0) is 36.9. The van der Waals surface area contributed by atoms with Crippen molar-refractivity contribution in [3.63, 3.8) is 0 Å². The molecule has 5 heterocycles. The molecule has 3 aromatic carbocycles. The lowest BCUT2D eigenvalue weighted by Gasteiger charge is -2.21. The van der Waals surface area contributed by atoms with Crippen LogP contribution >= 0.6 is 11.5 Å². The van der Waals surface area contributed by atoms with E-state index in [0.717, 1.165) is 61.9 Å². The summed E-state index contributed by atoms with van der Waals surface area (Å²) < 4.78 is 11.4. The number of benzene rings is 3. The number of aromatic nitrogens is 5. The van der Waals surface area contributed by atoms with Crippen molar-refractivity contribution in [1.82, 2.24) is 23.3 Å². The van der Waals surface area contributed by atoms with E-state index < -0.39 is 0 Å². The van der Waals surface area contributed by atoms with Gasteiger partial charge in [-0.2, -0.15) is 0 Å². The zero-order valence-corrected chi connectivity index (χ0v) is 33.0. The van der Waals surface area contributed by atoms with Crippen LogP contribution in [0.1, 0.15) is 89.4 Å². The van der Waals surface area contributed by atoms with Gasteiger partial charge < -0.3 is 4.74 Å². The van der Waals surface area contributed by atoms with Crippen LogP contribution in [0.5, 0.6) is 11.5 Å². The van der Waals surface area contributed by atoms with Crippen molar-refractivity contribution >= 4 is 50.0 Å². The van der Waals surface area contributed by atoms with Crippen LogP contribution < -0.4 is 4.74 Å². The Bertz CT molecular complexity index is 2670. The summed E-state index contributed by atoms with van der Waals surface area (Å²) in [5, 5.41) is 2.37. The largest absolute Gasteiger partial charge is 0.457 e. The highest BCUT2D eigenvalue weighted by atomic mass is 32.1. The fourth-order valence-electron chi connectivity index (χ4n) is 7.49. The van der Waals surface area contributed by atoms with Gasteiger partial charge in [0.25, 0.3) is 0 Å². The van der Waals surface area contributed by atoms with E-state index in [1.807, 2.05) is 24.5 Å². The van der Waals surface area contributed by atoms with E-state index in [1.165, 1.54) is 32.3 Å².